The highest BCUT2D eigenvalue weighted by Crippen LogP contribution is 2.14. The van der Waals surface area contributed by atoms with Gasteiger partial charge in [-0.1, -0.05) is 0 Å². The predicted molar refractivity (Wildman–Crippen MR) is 70.2 cm³/mol. The molecule has 1 fully saturated rings. The molecule has 0 amide bonds. The van der Waals surface area contributed by atoms with Gasteiger partial charge in [0.15, 0.2) is 0 Å². The van der Waals surface area contributed by atoms with Crippen LogP contribution in [0.4, 0.5) is 0 Å². The van der Waals surface area contributed by atoms with Crippen molar-refractivity contribution >= 4 is 0 Å². The fourth-order valence-corrected chi connectivity index (χ4v) is 2.07. The van der Waals surface area contributed by atoms with E-state index >= 15 is 0 Å². The number of rotatable bonds is 4. The molecule has 1 atom stereocenters. The van der Waals surface area contributed by atoms with Crippen molar-refractivity contribution in [1.29, 1.82) is 0 Å². The first kappa shape index (κ1) is 13.5. The molecule has 1 aromatic heterocycles. The van der Waals surface area contributed by atoms with Crippen molar-refractivity contribution in [2.45, 2.75) is 64.8 Å². The predicted octanol–water partition coefficient (Wildman–Crippen LogP) is 1.74. The maximum Gasteiger partial charge on any atom is 0.140 e. The molecule has 1 aliphatic rings. The lowest BCUT2D eigenvalue weighted by atomic mass is 10.1. The molecule has 18 heavy (non-hydrogen) atoms. The monoisotopic (exact) mass is 252 g/mol. The van der Waals surface area contributed by atoms with Gasteiger partial charge < -0.3 is 10.1 Å². The van der Waals surface area contributed by atoms with E-state index in [0.717, 1.165) is 31.9 Å². The molecule has 5 nitrogen and oxygen atoms in total. The average molecular weight is 252 g/mol. The van der Waals surface area contributed by atoms with Crippen LogP contribution >= 0.6 is 0 Å². The van der Waals surface area contributed by atoms with Gasteiger partial charge in [0.05, 0.1) is 19.2 Å². The lowest BCUT2D eigenvalue weighted by Gasteiger charge is -2.24. The molecular weight excluding hydrogens is 228 g/mol. The van der Waals surface area contributed by atoms with Crippen LogP contribution in [0.1, 0.15) is 45.9 Å². The van der Waals surface area contributed by atoms with Crippen molar-refractivity contribution in [3.8, 4) is 0 Å². The lowest BCUT2D eigenvalue weighted by molar-refractivity contribution is 0.00335. The maximum absolute atomic E-state index is 5.74. The summed E-state index contributed by atoms with van der Waals surface area (Å²) in [6.45, 7) is 8.90. The second-order valence-electron chi connectivity index (χ2n) is 5.95. The van der Waals surface area contributed by atoms with E-state index in [1.807, 2.05) is 4.68 Å². The van der Waals surface area contributed by atoms with Crippen LogP contribution in [0.2, 0.25) is 0 Å². The number of nitrogens with one attached hydrogen (secondary N) is 1. The van der Waals surface area contributed by atoms with Gasteiger partial charge in [0.2, 0.25) is 0 Å². The molecule has 0 saturated carbocycles. The van der Waals surface area contributed by atoms with Gasteiger partial charge in [0.1, 0.15) is 12.2 Å². The molecule has 5 heteroatoms. The van der Waals surface area contributed by atoms with Gasteiger partial charge in [0, 0.05) is 12.1 Å². The van der Waals surface area contributed by atoms with Gasteiger partial charge in [-0.15, -0.1) is 0 Å². The summed E-state index contributed by atoms with van der Waals surface area (Å²) in [6, 6.07) is 0. The molecule has 0 aliphatic carbocycles. The summed E-state index contributed by atoms with van der Waals surface area (Å²) < 4.78 is 7.71. The van der Waals surface area contributed by atoms with Crippen molar-refractivity contribution < 1.29 is 4.74 Å². The van der Waals surface area contributed by atoms with Gasteiger partial charge in [-0.2, -0.15) is 5.10 Å². The third kappa shape index (κ3) is 4.07. The standard InChI is InChI=1S/C13H24N4O/c1-13(2,3)15-8-12-14-10-16-17(12)9-11-6-4-5-7-18-11/h10-11,15H,4-9H2,1-3H3. The minimum Gasteiger partial charge on any atom is -0.376 e. The third-order valence-corrected chi connectivity index (χ3v) is 3.12. The summed E-state index contributed by atoms with van der Waals surface area (Å²) >= 11 is 0. The first-order valence-electron chi connectivity index (χ1n) is 6.78. The fraction of sp³-hybridized carbons (Fsp3) is 0.846. The van der Waals surface area contributed by atoms with Crippen LogP contribution in [0.5, 0.6) is 0 Å². The van der Waals surface area contributed by atoms with E-state index in [0.29, 0.717) is 6.10 Å². The minimum atomic E-state index is 0.0954. The summed E-state index contributed by atoms with van der Waals surface area (Å²) in [5, 5.41) is 7.73. The van der Waals surface area contributed by atoms with Crippen molar-refractivity contribution in [2.24, 2.45) is 0 Å². The quantitative estimate of drug-likeness (QED) is 0.886. The van der Waals surface area contributed by atoms with Crippen LogP contribution in [0.25, 0.3) is 0 Å². The average Bonchev–Trinajstić information content (AvgIpc) is 2.74. The second kappa shape index (κ2) is 5.80. The zero-order valence-corrected chi connectivity index (χ0v) is 11.6. The van der Waals surface area contributed by atoms with Crippen LogP contribution < -0.4 is 5.32 Å². The first-order valence-corrected chi connectivity index (χ1v) is 6.78. The van der Waals surface area contributed by atoms with E-state index in [9.17, 15) is 0 Å². The van der Waals surface area contributed by atoms with Crippen molar-refractivity contribution in [3.63, 3.8) is 0 Å². The number of hydrogen-bond acceptors (Lipinski definition) is 4. The molecule has 2 rings (SSSR count). The van der Waals surface area contributed by atoms with E-state index in [2.05, 4.69) is 36.2 Å². The van der Waals surface area contributed by atoms with Crippen molar-refractivity contribution in [1.82, 2.24) is 20.1 Å². The van der Waals surface area contributed by atoms with Crippen LogP contribution in [0.3, 0.4) is 0 Å². The van der Waals surface area contributed by atoms with Crippen LogP contribution in [0.15, 0.2) is 6.33 Å². The molecule has 0 radical (unpaired) electrons. The summed E-state index contributed by atoms with van der Waals surface area (Å²) in [7, 11) is 0. The van der Waals surface area contributed by atoms with Crippen LogP contribution in [0, 0.1) is 0 Å². The highest BCUT2D eigenvalue weighted by molar-refractivity contribution is 4.87. The van der Waals surface area contributed by atoms with Gasteiger partial charge in [-0.05, 0) is 40.0 Å². The molecule has 1 aliphatic heterocycles. The fourth-order valence-electron chi connectivity index (χ4n) is 2.07. The Kier molecular flexibility index (Phi) is 4.35. The smallest absolute Gasteiger partial charge is 0.140 e. The topological polar surface area (TPSA) is 52.0 Å². The molecule has 0 aromatic carbocycles. The van der Waals surface area contributed by atoms with Gasteiger partial charge in [-0.25, -0.2) is 9.67 Å². The Labute approximate surface area is 109 Å². The highest BCUT2D eigenvalue weighted by Gasteiger charge is 2.17. The van der Waals surface area contributed by atoms with Gasteiger partial charge >= 0.3 is 0 Å². The van der Waals surface area contributed by atoms with E-state index in [-0.39, 0.29) is 5.54 Å². The summed E-state index contributed by atoms with van der Waals surface area (Å²) in [6.07, 6.45) is 5.50. The molecule has 0 bridgehead atoms. The minimum absolute atomic E-state index is 0.0954. The summed E-state index contributed by atoms with van der Waals surface area (Å²) in [4.78, 5) is 4.32. The Bertz CT molecular complexity index is 363. The normalized spacial score (nSPS) is 21.2. The molecule has 0 spiro atoms. The third-order valence-electron chi connectivity index (χ3n) is 3.12. The first-order chi connectivity index (χ1) is 8.54. The Morgan fingerprint density at radius 3 is 2.94 bits per heavy atom. The van der Waals surface area contributed by atoms with Crippen molar-refractivity contribution in [2.75, 3.05) is 6.61 Å². The Morgan fingerprint density at radius 1 is 1.44 bits per heavy atom. The van der Waals surface area contributed by atoms with E-state index < -0.39 is 0 Å². The van der Waals surface area contributed by atoms with Crippen LogP contribution in [-0.2, 0) is 17.8 Å². The molecular formula is C13H24N4O. The number of hydrogen-bond donors (Lipinski definition) is 1. The number of ether oxygens (including phenoxy) is 1. The molecule has 1 N–H and O–H groups in total. The molecule has 102 valence electrons. The molecule has 2 heterocycles. The Morgan fingerprint density at radius 2 is 2.28 bits per heavy atom. The van der Waals surface area contributed by atoms with Gasteiger partial charge in [-0.3, -0.25) is 0 Å². The largest absolute Gasteiger partial charge is 0.376 e. The molecule has 1 saturated heterocycles. The zero-order valence-electron chi connectivity index (χ0n) is 11.6. The number of aromatic nitrogens is 3. The van der Waals surface area contributed by atoms with E-state index in [1.54, 1.807) is 6.33 Å². The maximum atomic E-state index is 5.74. The highest BCUT2D eigenvalue weighted by atomic mass is 16.5. The lowest BCUT2D eigenvalue weighted by Crippen LogP contribution is -2.36. The SMILES string of the molecule is CC(C)(C)NCc1ncnn1CC1CCCCO1. The summed E-state index contributed by atoms with van der Waals surface area (Å²) in [5.74, 6) is 0.985. The molecule has 1 aromatic rings. The van der Waals surface area contributed by atoms with Crippen molar-refractivity contribution in [3.05, 3.63) is 12.2 Å². The van der Waals surface area contributed by atoms with E-state index in [4.69, 9.17) is 4.74 Å². The number of nitrogens with zero attached hydrogens (tertiary/aromatic N) is 3. The zero-order chi connectivity index (χ0) is 13.0. The molecule has 1 unspecified atom stereocenters. The van der Waals surface area contributed by atoms with Gasteiger partial charge in [0.25, 0.3) is 0 Å². The van der Waals surface area contributed by atoms with E-state index in [1.165, 1.54) is 12.8 Å². The Hall–Kier alpha value is -0.940. The summed E-state index contributed by atoms with van der Waals surface area (Å²) in [5.41, 5.74) is 0.0954. The van der Waals surface area contributed by atoms with Crippen LogP contribution in [-0.4, -0.2) is 33.0 Å². The Balaban J connectivity index is 1.90. The second-order valence-corrected chi connectivity index (χ2v) is 5.95.